The standard InChI is InChI=1S/C5H9N3O.ClH/c1-4(6-2)5-7-3-9-8-5;/h3-4,6H,1-2H3;1H. The van der Waals surface area contributed by atoms with Crippen LogP contribution < -0.4 is 5.32 Å². The number of halogens is 1. The molecule has 0 aliphatic carbocycles. The highest BCUT2D eigenvalue weighted by Crippen LogP contribution is 2.02. The molecule has 1 aromatic heterocycles. The van der Waals surface area contributed by atoms with E-state index < -0.39 is 0 Å². The van der Waals surface area contributed by atoms with Gasteiger partial charge in [-0.3, -0.25) is 0 Å². The van der Waals surface area contributed by atoms with Gasteiger partial charge in [0.05, 0.1) is 6.04 Å². The Kier molecular flexibility index (Phi) is 3.99. The summed E-state index contributed by atoms with van der Waals surface area (Å²) in [5.41, 5.74) is 0. The second kappa shape index (κ2) is 4.24. The monoisotopic (exact) mass is 163 g/mol. The van der Waals surface area contributed by atoms with Crippen molar-refractivity contribution in [2.75, 3.05) is 7.05 Å². The van der Waals surface area contributed by atoms with Crippen LogP contribution >= 0.6 is 12.4 Å². The van der Waals surface area contributed by atoms with Crippen molar-refractivity contribution in [2.45, 2.75) is 13.0 Å². The fraction of sp³-hybridized carbons (Fsp3) is 0.600. The van der Waals surface area contributed by atoms with Crippen LogP contribution in [0, 0.1) is 0 Å². The van der Waals surface area contributed by atoms with Crippen molar-refractivity contribution in [3.8, 4) is 0 Å². The van der Waals surface area contributed by atoms with Crippen molar-refractivity contribution in [1.82, 2.24) is 15.5 Å². The number of rotatable bonds is 2. The van der Waals surface area contributed by atoms with Crippen LogP contribution in [0.1, 0.15) is 18.8 Å². The second-order valence-corrected chi connectivity index (χ2v) is 1.80. The van der Waals surface area contributed by atoms with E-state index in [1.165, 1.54) is 6.39 Å². The molecule has 10 heavy (non-hydrogen) atoms. The number of hydrogen-bond acceptors (Lipinski definition) is 4. The third-order valence-electron chi connectivity index (χ3n) is 1.20. The van der Waals surface area contributed by atoms with Crippen LogP contribution in [0.3, 0.4) is 0 Å². The highest BCUT2D eigenvalue weighted by molar-refractivity contribution is 5.85. The molecule has 1 atom stereocenters. The van der Waals surface area contributed by atoms with Gasteiger partial charge in [0.1, 0.15) is 0 Å². The lowest BCUT2D eigenvalue weighted by atomic mass is 10.3. The summed E-state index contributed by atoms with van der Waals surface area (Å²) in [4.78, 5) is 3.85. The van der Waals surface area contributed by atoms with E-state index in [9.17, 15) is 0 Å². The molecule has 0 spiro atoms. The molecule has 0 amide bonds. The third-order valence-corrected chi connectivity index (χ3v) is 1.20. The lowest BCUT2D eigenvalue weighted by molar-refractivity contribution is 0.402. The minimum absolute atomic E-state index is 0. The van der Waals surface area contributed by atoms with Gasteiger partial charge in [0.25, 0.3) is 0 Å². The van der Waals surface area contributed by atoms with E-state index in [0.717, 1.165) is 0 Å². The summed E-state index contributed by atoms with van der Waals surface area (Å²) in [6.07, 6.45) is 1.32. The van der Waals surface area contributed by atoms with Crippen molar-refractivity contribution in [2.24, 2.45) is 0 Å². The molecule has 0 aliphatic heterocycles. The van der Waals surface area contributed by atoms with Gasteiger partial charge in [0.15, 0.2) is 5.82 Å². The largest absolute Gasteiger partial charge is 0.343 e. The van der Waals surface area contributed by atoms with Gasteiger partial charge in [-0.1, -0.05) is 5.16 Å². The zero-order chi connectivity index (χ0) is 6.69. The Labute approximate surface area is 65.4 Å². The van der Waals surface area contributed by atoms with E-state index >= 15 is 0 Å². The summed E-state index contributed by atoms with van der Waals surface area (Å²) in [6.45, 7) is 1.96. The van der Waals surface area contributed by atoms with Crippen LogP contribution in [0.4, 0.5) is 0 Å². The van der Waals surface area contributed by atoms with Gasteiger partial charge in [-0.2, -0.15) is 4.98 Å². The first kappa shape index (κ1) is 9.39. The second-order valence-electron chi connectivity index (χ2n) is 1.80. The van der Waals surface area contributed by atoms with Crippen molar-refractivity contribution in [1.29, 1.82) is 0 Å². The zero-order valence-corrected chi connectivity index (χ0v) is 6.68. The molecule has 58 valence electrons. The van der Waals surface area contributed by atoms with E-state index in [4.69, 9.17) is 0 Å². The first-order valence-electron chi connectivity index (χ1n) is 2.78. The quantitative estimate of drug-likeness (QED) is 0.700. The SMILES string of the molecule is CNC(C)c1ncon1.Cl. The van der Waals surface area contributed by atoms with Gasteiger partial charge in [0.2, 0.25) is 6.39 Å². The lowest BCUT2D eigenvalue weighted by Gasteiger charge is -2.01. The van der Waals surface area contributed by atoms with Crippen LogP contribution in [0.15, 0.2) is 10.9 Å². The van der Waals surface area contributed by atoms with Crippen LogP contribution in [0.25, 0.3) is 0 Å². The van der Waals surface area contributed by atoms with Crippen LogP contribution in [-0.2, 0) is 0 Å². The Hall–Kier alpha value is -0.610. The summed E-state index contributed by atoms with van der Waals surface area (Å²) in [7, 11) is 1.85. The maximum Gasteiger partial charge on any atom is 0.213 e. The molecule has 1 N–H and O–H groups in total. The Morgan fingerprint density at radius 1 is 1.70 bits per heavy atom. The molecule has 1 unspecified atom stereocenters. The Balaban J connectivity index is 0.000000810. The molecule has 0 aliphatic rings. The van der Waals surface area contributed by atoms with E-state index in [0.29, 0.717) is 5.82 Å². The molecular formula is C5H10ClN3O. The van der Waals surface area contributed by atoms with Crippen LogP contribution in [-0.4, -0.2) is 17.2 Å². The first-order chi connectivity index (χ1) is 4.34. The zero-order valence-electron chi connectivity index (χ0n) is 5.87. The fourth-order valence-electron chi connectivity index (χ4n) is 0.499. The Morgan fingerprint density at radius 2 is 2.40 bits per heavy atom. The fourth-order valence-corrected chi connectivity index (χ4v) is 0.499. The van der Waals surface area contributed by atoms with Crippen molar-refractivity contribution >= 4 is 12.4 Å². The summed E-state index contributed by atoms with van der Waals surface area (Å²) < 4.78 is 4.54. The van der Waals surface area contributed by atoms with E-state index in [1.54, 1.807) is 0 Å². The molecular weight excluding hydrogens is 154 g/mol. The third kappa shape index (κ3) is 1.97. The number of nitrogens with zero attached hydrogens (tertiary/aromatic N) is 2. The van der Waals surface area contributed by atoms with Crippen LogP contribution in [0.5, 0.6) is 0 Å². The summed E-state index contributed by atoms with van der Waals surface area (Å²) in [6, 6.07) is 0.170. The molecule has 5 heteroatoms. The maximum absolute atomic E-state index is 4.54. The molecule has 0 bridgehead atoms. The lowest BCUT2D eigenvalue weighted by Crippen LogP contribution is -2.13. The van der Waals surface area contributed by atoms with Gasteiger partial charge in [-0.15, -0.1) is 12.4 Å². The Morgan fingerprint density at radius 3 is 2.80 bits per heavy atom. The van der Waals surface area contributed by atoms with Gasteiger partial charge in [0, 0.05) is 0 Å². The van der Waals surface area contributed by atoms with Gasteiger partial charge < -0.3 is 9.84 Å². The minimum atomic E-state index is 0. The smallest absolute Gasteiger partial charge is 0.213 e. The molecule has 1 aromatic rings. The van der Waals surface area contributed by atoms with E-state index in [2.05, 4.69) is 20.0 Å². The van der Waals surface area contributed by atoms with Gasteiger partial charge in [-0.05, 0) is 14.0 Å². The average molecular weight is 164 g/mol. The van der Waals surface area contributed by atoms with Crippen molar-refractivity contribution in [3.05, 3.63) is 12.2 Å². The number of nitrogens with one attached hydrogen (secondary N) is 1. The van der Waals surface area contributed by atoms with Crippen molar-refractivity contribution in [3.63, 3.8) is 0 Å². The highest BCUT2D eigenvalue weighted by Gasteiger charge is 2.05. The molecule has 0 saturated carbocycles. The molecule has 1 heterocycles. The molecule has 1 rings (SSSR count). The molecule has 0 saturated heterocycles. The average Bonchev–Trinajstić information content (AvgIpc) is 2.37. The highest BCUT2D eigenvalue weighted by atomic mass is 35.5. The van der Waals surface area contributed by atoms with E-state index in [-0.39, 0.29) is 18.4 Å². The number of aromatic nitrogens is 2. The number of hydrogen-bond donors (Lipinski definition) is 1. The topological polar surface area (TPSA) is 51.0 Å². The minimum Gasteiger partial charge on any atom is -0.343 e. The van der Waals surface area contributed by atoms with Crippen molar-refractivity contribution < 1.29 is 4.52 Å². The summed E-state index contributed by atoms with van der Waals surface area (Å²) in [5.74, 6) is 0.692. The molecule has 4 nitrogen and oxygen atoms in total. The predicted octanol–water partition coefficient (Wildman–Crippen LogP) is 0.772. The van der Waals surface area contributed by atoms with Crippen LogP contribution in [0.2, 0.25) is 0 Å². The first-order valence-corrected chi connectivity index (χ1v) is 2.78. The summed E-state index contributed by atoms with van der Waals surface area (Å²) in [5, 5.41) is 6.62. The van der Waals surface area contributed by atoms with E-state index in [1.807, 2.05) is 14.0 Å². The molecule has 0 radical (unpaired) electrons. The molecule has 0 aromatic carbocycles. The van der Waals surface area contributed by atoms with Gasteiger partial charge in [-0.25, -0.2) is 0 Å². The summed E-state index contributed by atoms with van der Waals surface area (Å²) >= 11 is 0. The normalized spacial score (nSPS) is 12.2. The van der Waals surface area contributed by atoms with Gasteiger partial charge >= 0.3 is 0 Å². The maximum atomic E-state index is 4.54. The molecule has 0 fully saturated rings. The predicted molar refractivity (Wildman–Crippen MR) is 39.0 cm³/mol. The Bertz CT molecular complexity index is 165.